The van der Waals surface area contributed by atoms with Crippen LogP contribution in [0.5, 0.6) is 0 Å². The molecule has 0 aliphatic rings. The van der Waals surface area contributed by atoms with Crippen LogP contribution in [0.3, 0.4) is 0 Å². The van der Waals surface area contributed by atoms with E-state index in [0.29, 0.717) is 6.42 Å². The van der Waals surface area contributed by atoms with Gasteiger partial charge in [-0.25, -0.2) is 0 Å². The lowest BCUT2D eigenvalue weighted by Crippen LogP contribution is -2.09. The summed E-state index contributed by atoms with van der Waals surface area (Å²) < 4.78 is 4.71. The predicted octanol–water partition coefficient (Wildman–Crippen LogP) is 2.55. The zero-order valence-electron chi connectivity index (χ0n) is 12.4. The molecule has 0 saturated carbocycles. The molecule has 0 amide bonds. The summed E-state index contributed by atoms with van der Waals surface area (Å²) in [5, 5.41) is 19.3. The third-order valence-corrected chi connectivity index (χ3v) is 4.41. The van der Waals surface area contributed by atoms with E-state index in [2.05, 4.69) is 40.0 Å². The highest BCUT2D eigenvalue weighted by atomic mass is 79.9. The minimum absolute atomic E-state index is 0.536. The molecule has 0 bridgehead atoms. The van der Waals surface area contributed by atoms with Gasteiger partial charge in [0.15, 0.2) is 0 Å². The molecule has 0 fully saturated rings. The van der Waals surface area contributed by atoms with Crippen molar-refractivity contribution in [2.45, 2.75) is 46.3 Å². The Morgan fingerprint density at radius 3 is 2.55 bits per heavy atom. The summed E-state index contributed by atoms with van der Waals surface area (Å²) >= 11 is 3.61. The highest BCUT2D eigenvalue weighted by Gasteiger charge is 2.20. The molecule has 1 atom stereocenters. The Bertz CT molecular complexity index is 603. The maximum Gasteiger partial charge on any atom is 0.0878 e. The summed E-state index contributed by atoms with van der Waals surface area (Å²) in [6.07, 6.45) is 2.73. The lowest BCUT2D eigenvalue weighted by molar-refractivity contribution is 0.174. The van der Waals surface area contributed by atoms with Gasteiger partial charge in [-0.1, -0.05) is 6.92 Å². The van der Waals surface area contributed by atoms with E-state index >= 15 is 0 Å². The van der Waals surface area contributed by atoms with Gasteiger partial charge in [-0.2, -0.15) is 10.2 Å². The molecule has 2 aromatic rings. The van der Waals surface area contributed by atoms with Crippen molar-refractivity contribution in [3.8, 4) is 0 Å². The highest BCUT2D eigenvalue weighted by Crippen LogP contribution is 2.28. The zero-order chi connectivity index (χ0) is 14.9. The van der Waals surface area contributed by atoms with Crippen LogP contribution in [0.4, 0.5) is 0 Å². The van der Waals surface area contributed by atoms with Gasteiger partial charge < -0.3 is 5.11 Å². The summed E-state index contributed by atoms with van der Waals surface area (Å²) in [4.78, 5) is 0. The Kier molecular flexibility index (Phi) is 4.65. The lowest BCUT2D eigenvalue weighted by Gasteiger charge is -2.11. The first-order valence-electron chi connectivity index (χ1n) is 6.90. The Morgan fingerprint density at radius 1 is 1.35 bits per heavy atom. The van der Waals surface area contributed by atoms with Crippen LogP contribution in [0, 0.1) is 6.92 Å². The van der Waals surface area contributed by atoms with Crippen molar-refractivity contribution in [2.24, 2.45) is 7.05 Å². The van der Waals surface area contributed by atoms with Crippen molar-refractivity contribution in [3.05, 3.63) is 33.3 Å². The van der Waals surface area contributed by atoms with Gasteiger partial charge in [0.2, 0.25) is 0 Å². The summed E-state index contributed by atoms with van der Waals surface area (Å²) in [5.41, 5.74) is 3.83. The van der Waals surface area contributed by atoms with Gasteiger partial charge in [0.1, 0.15) is 0 Å². The zero-order valence-corrected chi connectivity index (χ0v) is 14.0. The maximum atomic E-state index is 10.5. The Hall–Kier alpha value is -1.14. The van der Waals surface area contributed by atoms with Gasteiger partial charge in [-0.15, -0.1) is 0 Å². The number of aliphatic hydroxyl groups is 1. The second kappa shape index (κ2) is 6.10. The number of halogens is 1. The fraction of sp³-hybridized carbons (Fsp3) is 0.571. The van der Waals surface area contributed by atoms with E-state index in [1.807, 2.05) is 24.9 Å². The first-order valence-corrected chi connectivity index (χ1v) is 7.69. The molecule has 0 saturated heterocycles. The van der Waals surface area contributed by atoms with Crippen LogP contribution in [-0.2, 0) is 26.4 Å². The summed E-state index contributed by atoms with van der Waals surface area (Å²) in [7, 11) is 1.87. The van der Waals surface area contributed by atoms with E-state index in [1.165, 1.54) is 0 Å². The smallest absolute Gasteiger partial charge is 0.0878 e. The minimum Gasteiger partial charge on any atom is -0.388 e. The molecule has 1 unspecified atom stereocenters. The fourth-order valence-corrected chi connectivity index (χ4v) is 3.18. The van der Waals surface area contributed by atoms with Crippen molar-refractivity contribution in [2.75, 3.05) is 0 Å². The molecular weight excluding hydrogens is 320 g/mol. The molecule has 2 heterocycles. The molecule has 110 valence electrons. The van der Waals surface area contributed by atoms with E-state index in [9.17, 15) is 5.11 Å². The van der Waals surface area contributed by atoms with Gasteiger partial charge >= 0.3 is 0 Å². The summed E-state index contributed by atoms with van der Waals surface area (Å²) in [5.74, 6) is 0. The van der Waals surface area contributed by atoms with Crippen molar-refractivity contribution in [1.29, 1.82) is 0 Å². The first-order chi connectivity index (χ1) is 9.47. The monoisotopic (exact) mass is 340 g/mol. The molecule has 6 heteroatoms. The molecule has 2 aromatic heterocycles. The van der Waals surface area contributed by atoms with Crippen LogP contribution in [0.1, 0.15) is 42.6 Å². The minimum atomic E-state index is -0.563. The number of aromatic nitrogens is 4. The van der Waals surface area contributed by atoms with Crippen molar-refractivity contribution in [1.82, 2.24) is 19.6 Å². The average molecular weight is 341 g/mol. The predicted molar refractivity (Wildman–Crippen MR) is 81.6 cm³/mol. The van der Waals surface area contributed by atoms with Crippen LogP contribution < -0.4 is 0 Å². The second-order valence-corrected chi connectivity index (χ2v) is 5.73. The first kappa shape index (κ1) is 15.3. The fourth-order valence-electron chi connectivity index (χ4n) is 2.45. The van der Waals surface area contributed by atoms with Crippen LogP contribution >= 0.6 is 15.9 Å². The van der Waals surface area contributed by atoms with E-state index in [-0.39, 0.29) is 0 Å². The third-order valence-electron chi connectivity index (χ3n) is 3.49. The van der Waals surface area contributed by atoms with E-state index in [0.717, 1.165) is 40.1 Å². The third kappa shape index (κ3) is 2.81. The summed E-state index contributed by atoms with van der Waals surface area (Å²) in [6, 6.07) is 0. The number of hydrogen-bond donors (Lipinski definition) is 1. The van der Waals surface area contributed by atoms with Crippen LogP contribution in [0.15, 0.2) is 10.7 Å². The second-order valence-electron chi connectivity index (χ2n) is 4.94. The highest BCUT2D eigenvalue weighted by molar-refractivity contribution is 9.10. The molecule has 0 spiro atoms. The largest absolute Gasteiger partial charge is 0.388 e. The lowest BCUT2D eigenvalue weighted by atomic mass is 10.1. The van der Waals surface area contributed by atoms with E-state index < -0.39 is 6.10 Å². The normalized spacial score (nSPS) is 12.9. The Balaban J connectivity index is 2.29. The topological polar surface area (TPSA) is 55.9 Å². The van der Waals surface area contributed by atoms with Gasteiger partial charge in [0, 0.05) is 31.8 Å². The molecular formula is C14H21BrN4O. The average Bonchev–Trinajstić information content (AvgIpc) is 2.90. The van der Waals surface area contributed by atoms with E-state index in [4.69, 9.17) is 0 Å². The Morgan fingerprint density at radius 2 is 2.05 bits per heavy atom. The molecule has 0 radical (unpaired) electrons. The number of aryl methyl sites for hydroxylation is 4. The molecule has 2 rings (SSSR count). The van der Waals surface area contributed by atoms with Gasteiger partial charge in [0.05, 0.1) is 27.7 Å². The van der Waals surface area contributed by atoms with Gasteiger partial charge in [-0.3, -0.25) is 9.36 Å². The SMILES string of the molecule is CCc1nn(CC)c(CC(O)c2cn(C)nc2C)c1Br. The van der Waals surface area contributed by atoms with Crippen molar-refractivity contribution < 1.29 is 5.11 Å². The summed E-state index contributed by atoms with van der Waals surface area (Å²) in [6.45, 7) is 6.86. The molecule has 0 aliphatic carbocycles. The number of hydrogen-bond acceptors (Lipinski definition) is 3. The standard InChI is InChI=1S/C14H21BrN4O/c1-5-11-14(15)12(19(6-2)17-11)7-13(20)10-8-18(4)16-9(10)3/h8,13,20H,5-7H2,1-4H3. The molecule has 0 aliphatic heterocycles. The van der Waals surface area contributed by atoms with Crippen molar-refractivity contribution in [3.63, 3.8) is 0 Å². The van der Waals surface area contributed by atoms with Crippen LogP contribution in [-0.4, -0.2) is 24.7 Å². The van der Waals surface area contributed by atoms with Crippen LogP contribution in [0.25, 0.3) is 0 Å². The quantitative estimate of drug-likeness (QED) is 0.909. The van der Waals surface area contributed by atoms with Gasteiger partial charge in [-0.05, 0) is 36.2 Å². The van der Waals surface area contributed by atoms with E-state index in [1.54, 1.807) is 4.68 Å². The number of rotatable bonds is 5. The molecule has 20 heavy (non-hydrogen) atoms. The maximum absolute atomic E-state index is 10.5. The van der Waals surface area contributed by atoms with Gasteiger partial charge in [0.25, 0.3) is 0 Å². The molecule has 5 nitrogen and oxygen atoms in total. The Labute approximate surface area is 127 Å². The molecule has 0 aromatic carbocycles. The number of aliphatic hydroxyl groups excluding tert-OH is 1. The number of nitrogens with zero attached hydrogens (tertiary/aromatic N) is 4. The van der Waals surface area contributed by atoms with Crippen molar-refractivity contribution >= 4 is 15.9 Å². The molecule has 1 N–H and O–H groups in total. The van der Waals surface area contributed by atoms with Crippen LogP contribution in [0.2, 0.25) is 0 Å².